The fraction of sp³-hybridized carbons (Fsp3) is 0.529. The standard InChI is InChI=1S/C17H26N4O/c1-4-18-17(19-11-16(22)20-15-9-10-15)21(3)12-14-8-6-5-7-13(14)2/h5-8,15H,4,9-12H2,1-3H3,(H,18,19)(H,20,22). The lowest BCUT2D eigenvalue weighted by Crippen LogP contribution is -2.39. The van der Waals surface area contributed by atoms with Gasteiger partial charge in [-0.05, 0) is 37.8 Å². The lowest BCUT2D eigenvalue weighted by atomic mass is 10.1. The molecule has 1 aliphatic rings. The minimum absolute atomic E-state index is 0.00203. The van der Waals surface area contributed by atoms with E-state index in [2.05, 4.69) is 39.6 Å². The lowest BCUT2D eigenvalue weighted by molar-refractivity contribution is -0.119. The Kier molecular flexibility index (Phi) is 5.81. The number of hydrogen-bond acceptors (Lipinski definition) is 2. The van der Waals surface area contributed by atoms with Crippen LogP contribution in [-0.4, -0.2) is 42.9 Å². The van der Waals surface area contributed by atoms with E-state index in [0.717, 1.165) is 31.9 Å². The molecule has 5 heteroatoms. The Bertz CT molecular complexity index is 537. The van der Waals surface area contributed by atoms with Crippen molar-refractivity contribution in [3.05, 3.63) is 35.4 Å². The van der Waals surface area contributed by atoms with Crippen molar-refractivity contribution < 1.29 is 4.79 Å². The fourth-order valence-electron chi connectivity index (χ4n) is 2.24. The van der Waals surface area contributed by atoms with Crippen molar-refractivity contribution in [3.8, 4) is 0 Å². The van der Waals surface area contributed by atoms with Crippen LogP contribution in [-0.2, 0) is 11.3 Å². The second-order valence-corrected chi connectivity index (χ2v) is 5.79. The number of aliphatic imine (C=N–C) groups is 1. The molecule has 1 saturated carbocycles. The highest BCUT2D eigenvalue weighted by Crippen LogP contribution is 2.18. The maximum absolute atomic E-state index is 11.8. The third kappa shape index (κ3) is 5.06. The predicted molar refractivity (Wildman–Crippen MR) is 89.8 cm³/mol. The molecule has 1 aromatic rings. The smallest absolute Gasteiger partial charge is 0.242 e. The van der Waals surface area contributed by atoms with Gasteiger partial charge in [0.15, 0.2) is 5.96 Å². The summed E-state index contributed by atoms with van der Waals surface area (Å²) in [5.41, 5.74) is 2.52. The monoisotopic (exact) mass is 302 g/mol. The molecule has 5 nitrogen and oxygen atoms in total. The topological polar surface area (TPSA) is 56.7 Å². The summed E-state index contributed by atoms with van der Waals surface area (Å²) in [6, 6.07) is 8.70. The van der Waals surface area contributed by atoms with E-state index >= 15 is 0 Å². The maximum atomic E-state index is 11.8. The molecule has 0 aliphatic heterocycles. The van der Waals surface area contributed by atoms with E-state index in [0.29, 0.717) is 6.04 Å². The van der Waals surface area contributed by atoms with Gasteiger partial charge in [-0.3, -0.25) is 4.79 Å². The Morgan fingerprint density at radius 3 is 2.73 bits per heavy atom. The average molecular weight is 302 g/mol. The van der Waals surface area contributed by atoms with Gasteiger partial charge in [-0.1, -0.05) is 24.3 Å². The molecule has 0 unspecified atom stereocenters. The van der Waals surface area contributed by atoms with Gasteiger partial charge >= 0.3 is 0 Å². The quantitative estimate of drug-likeness (QED) is 0.621. The number of benzene rings is 1. The zero-order valence-electron chi connectivity index (χ0n) is 13.7. The zero-order valence-corrected chi connectivity index (χ0v) is 13.7. The van der Waals surface area contributed by atoms with Crippen LogP contribution in [0.15, 0.2) is 29.3 Å². The lowest BCUT2D eigenvalue weighted by Gasteiger charge is -2.23. The summed E-state index contributed by atoms with van der Waals surface area (Å²) in [7, 11) is 1.99. The molecule has 1 amide bonds. The fourth-order valence-corrected chi connectivity index (χ4v) is 2.24. The van der Waals surface area contributed by atoms with Crippen molar-refractivity contribution in [2.45, 2.75) is 39.3 Å². The second-order valence-electron chi connectivity index (χ2n) is 5.79. The highest BCUT2D eigenvalue weighted by Gasteiger charge is 2.23. The molecule has 1 aromatic carbocycles. The van der Waals surface area contributed by atoms with E-state index in [-0.39, 0.29) is 12.5 Å². The summed E-state index contributed by atoms with van der Waals surface area (Å²) in [6.07, 6.45) is 2.20. The first-order valence-corrected chi connectivity index (χ1v) is 7.93. The van der Waals surface area contributed by atoms with Gasteiger partial charge in [0.05, 0.1) is 0 Å². The first-order chi connectivity index (χ1) is 10.6. The Morgan fingerprint density at radius 2 is 2.09 bits per heavy atom. The van der Waals surface area contributed by atoms with Crippen LogP contribution >= 0.6 is 0 Å². The predicted octanol–water partition coefficient (Wildman–Crippen LogP) is 1.67. The number of hydrogen-bond donors (Lipinski definition) is 2. The average Bonchev–Trinajstić information content (AvgIpc) is 3.29. The summed E-state index contributed by atoms with van der Waals surface area (Å²) in [6.45, 7) is 5.86. The zero-order chi connectivity index (χ0) is 15.9. The highest BCUT2D eigenvalue weighted by atomic mass is 16.2. The Morgan fingerprint density at radius 1 is 1.36 bits per heavy atom. The number of aryl methyl sites for hydroxylation is 1. The Hall–Kier alpha value is -2.04. The Balaban J connectivity index is 1.95. The van der Waals surface area contributed by atoms with Crippen molar-refractivity contribution in [1.82, 2.24) is 15.5 Å². The van der Waals surface area contributed by atoms with E-state index in [1.54, 1.807) is 0 Å². The minimum Gasteiger partial charge on any atom is -0.357 e. The molecule has 1 fully saturated rings. The number of rotatable bonds is 6. The van der Waals surface area contributed by atoms with Crippen molar-refractivity contribution >= 4 is 11.9 Å². The summed E-state index contributed by atoms with van der Waals surface area (Å²) in [5, 5.41) is 6.20. The molecule has 22 heavy (non-hydrogen) atoms. The summed E-state index contributed by atoms with van der Waals surface area (Å²) in [4.78, 5) is 18.3. The number of nitrogens with one attached hydrogen (secondary N) is 2. The molecule has 0 spiro atoms. The van der Waals surface area contributed by atoms with Crippen molar-refractivity contribution in [3.63, 3.8) is 0 Å². The van der Waals surface area contributed by atoms with E-state index in [4.69, 9.17) is 0 Å². The van der Waals surface area contributed by atoms with Gasteiger partial charge in [-0.15, -0.1) is 0 Å². The van der Waals surface area contributed by atoms with Gasteiger partial charge in [0.25, 0.3) is 0 Å². The van der Waals surface area contributed by atoms with Crippen molar-refractivity contribution in [2.75, 3.05) is 20.1 Å². The third-order valence-electron chi connectivity index (χ3n) is 3.68. The van der Waals surface area contributed by atoms with Gasteiger partial charge in [-0.2, -0.15) is 0 Å². The molecule has 2 N–H and O–H groups in total. The van der Waals surface area contributed by atoms with Crippen LogP contribution in [0.2, 0.25) is 0 Å². The highest BCUT2D eigenvalue weighted by molar-refractivity contribution is 5.85. The maximum Gasteiger partial charge on any atom is 0.242 e. The first kappa shape index (κ1) is 16.3. The molecule has 0 bridgehead atoms. The molecule has 0 radical (unpaired) electrons. The Labute approximate surface area is 132 Å². The molecule has 0 aromatic heterocycles. The molecule has 0 saturated heterocycles. The molecular formula is C17H26N4O. The van der Waals surface area contributed by atoms with Crippen LogP contribution in [0.4, 0.5) is 0 Å². The molecule has 0 atom stereocenters. The van der Waals surface area contributed by atoms with Crippen LogP contribution in [0.1, 0.15) is 30.9 Å². The summed E-state index contributed by atoms with van der Waals surface area (Å²) in [5.74, 6) is 0.763. The van der Waals surface area contributed by atoms with Gasteiger partial charge in [0.2, 0.25) is 5.91 Å². The summed E-state index contributed by atoms with van der Waals surface area (Å²) < 4.78 is 0. The van der Waals surface area contributed by atoms with Crippen LogP contribution in [0.25, 0.3) is 0 Å². The summed E-state index contributed by atoms with van der Waals surface area (Å²) >= 11 is 0. The van der Waals surface area contributed by atoms with Gasteiger partial charge in [0, 0.05) is 26.2 Å². The number of amides is 1. The molecule has 2 rings (SSSR count). The second kappa shape index (κ2) is 7.82. The molecule has 120 valence electrons. The third-order valence-corrected chi connectivity index (χ3v) is 3.68. The van der Waals surface area contributed by atoms with E-state index in [1.807, 2.05) is 26.1 Å². The molecule has 1 aliphatic carbocycles. The van der Waals surface area contributed by atoms with E-state index in [9.17, 15) is 4.79 Å². The molecule has 0 heterocycles. The van der Waals surface area contributed by atoms with Crippen LogP contribution < -0.4 is 10.6 Å². The normalized spacial score (nSPS) is 14.6. The van der Waals surface area contributed by atoms with Crippen LogP contribution in [0.5, 0.6) is 0 Å². The van der Waals surface area contributed by atoms with Gasteiger partial charge < -0.3 is 15.5 Å². The minimum atomic E-state index is 0.00203. The van der Waals surface area contributed by atoms with E-state index in [1.165, 1.54) is 11.1 Å². The number of nitrogens with zero attached hydrogens (tertiary/aromatic N) is 2. The molecular weight excluding hydrogens is 276 g/mol. The van der Waals surface area contributed by atoms with Crippen molar-refractivity contribution in [1.29, 1.82) is 0 Å². The van der Waals surface area contributed by atoms with Crippen LogP contribution in [0.3, 0.4) is 0 Å². The SMILES string of the molecule is CCNC(=NCC(=O)NC1CC1)N(C)Cc1ccccc1C. The van der Waals surface area contributed by atoms with Crippen molar-refractivity contribution in [2.24, 2.45) is 4.99 Å². The van der Waals surface area contributed by atoms with Gasteiger partial charge in [-0.25, -0.2) is 4.99 Å². The number of carbonyl (C=O) groups is 1. The van der Waals surface area contributed by atoms with Gasteiger partial charge in [0.1, 0.15) is 6.54 Å². The van der Waals surface area contributed by atoms with Crippen LogP contribution in [0, 0.1) is 6.92 Å². The first-order valence-electron chi connectivity index (χ1n) is 7.93. The largest absolute Gasteiger partial charge is 0.357 e. The number of carbonyl (C=O) groups excluding carboxylic acids is 1. The number of guanidine groups is 1. The van der Waals surface area contributed by atoms with E-state index < -0.39 is 0 Å².